The maximum atomic E-state index is 5.27. The summed E-state index contributed by atoms with van der Waals surface area (Å²) in [6.07, 6.45) is 6.26. The van der Waals surface area contributed by atoms with Gasteiger partial charge in [-0.1, -0.05) is 6.07 Å². The lowest BCUT2D eigenvalue weighted by Crippen LogP contribution is -2.27. The molecule has 1 fully saturated rings. The largest absolute Gasteiger partial charge is 0.497 e. The smallest absolute Gasteiger partial charge is 0.122 e. The third kappa shape index (κ3) is 3.39. The molecule has 0 N–H and O–H groups in total. The standard InChI is InChI=1S/C17H21N3O/c1-20(12-14-11-15(21-2)8-10-18-14)17(13-6-7-13)16-5-3-4-9-19-16/h3-5,8-11,13,17H,6-7,12H2,1-2H3/t17-/m1/s1. The van der Waals surface area contributed by atoms with Gasteiger partial charge < -0.3 is 4.74 Å². The normalized spacial score (nSPS) is 16.0. The van der Waals surface area contributed by atoms with Crippen LogP contribution in [0, 0.1) is 5.92 Å². The quantitative estimate of drug-likeness (QED) is 0.816. The molecule has 0 spiro atoms. The van der Waals surface area contributed by atoms with Crippen molar-refractivity contribution in [1.82, 2.24) is 14.9 Å². The van der Waals surface area contributed by atoms with Gasteiger partial charge in [0.25, 0.3) is 0 Å². The minimum atomic E-state index is 0.374. The molecule has 0 aromatic carbocycles. The van der Waals surface area contributed by atoms with Crippen LogP contribution in [0.15, 0.2) is 42.7 Å². The number of hydrogen-bond donors (Lipinski definition) is 0. The predicted octanol–water partition coefficient (Wildman–Crippen LogP) is 3.07. The van der Waals surface area contributed by atoms with Crippen molar-refractivity contribution in [1.29, 1.82) is 0 Å². The highest BCUT2D eigenvalue weighted by Gasteiger charge is 2.35. The summed E-state index contributed by atoms with van der Waals surface area (Å²) >= 11 is 0. The van der Waals surface area contributed by atoms with Gasteiger partial charge in [0.2, 0.25) is 0 Å². The zero-order chi connectivity index (χ0) is 14.7. The molecule has 110 valence electrons. The fourth-order valence-corrected chi connectivity index (χ4v) is 2.81. The molecule has 0 radical (unpaired) electrons. The van der Waals surface area contributed by atoms with Gasteiger partial charge in [0.15, 0.2) is 0 Å². The Morgan fingerprint density at radius 1 is 1.24 bits per heavy atom. The molecule has 4 nitrogen and oxygen atoms in total. The van der Waals surface area contributed by atoms with Crippen molar-refractivity contribution >= 4 is 0 Å². The molecule has 4 heteroatoms. The number of aromatic nitrogens is 2. The van der Waals surface area contributed by atoms with E-state index in [-0.39, 0.29) is 0 Å². The van der Waals surface area contributed by atoms with E-state index in [4.69, 9.17) is 4.74 Å². The summed E-state index contributed by atoms with van der Waals surface area (Å²) in [7, 11) is 3.84. The average Bonchev–Trinajstić information content (AvgIpc) is 3.33. The van der Waals surface area contributed by atoms with E-state index in [1.807, 2.05) is 24.4 Å². The third-order valence-electron chi connectivity index (χ3n) is 3.97. The van der Waals surface area contributed by atoms with E-state index in [0.29, 0.717) is 6.04 Å². The first-order valence-electron chi connectivity index (χ1n) is 7.38. The van der Waals surface area contributed by atoms with Crippen molar-refractivity contribution in [3.05, 3.63) is 54.1 Å². The maximum absolute atomic E-state index is 5.27. The molecule has 0 unspecified atom stereocenters. The van der Waals surface area contributed by atoms with Crippen LogP contribution in [0.1, 0.15) is 30.3 Å². The second kappa shape index (κ2) is 6.22. The molecule has 1 saturated carbocycles. The van der Waals surface area contributed by atoms with Crippen LogP contribution in [0.5, 0.6) is 5.75 Å². The van der Waals surface area contributed by atoms with Crippen molar-refractivity contribution in [3.63, 3.8) is 0 Å². The predicted molar refractivity (Wildman–Crippen MR) is 82.0 cm³/mol. The fraction of sp³-hybridized carbons (Fsp3) is 0.412. The highest BCUT2D eigenvalue weighted by atomic mass is 16.5. The molecule has 0 amide bonds. The van der Waals surface area contributed by atoms with E-state index in [0.717, 1.165) is 29.6 Å². The Balaban J connectivity index is 1.77. The van der Waals surface area contributed by atoms with E-state index in [9.17, 15) is 0 Å². The molecule has 1 atom stereocenters. The van der Waals surface area contributed by atoms with Crippen molar-refractivity contribution in [2.24, 2.45) is 5.92 Å². The van der Waals surface area contributed by atoms with Gasteiger partial charge in [-0.15, -0.1) is 0 Å². The molecule has 0 aliphatic heterocycles. The SMILES string of the molecule is COc1ccnc(CN(C)[C@@H](c2ccccn2)C2CC2)c1. The minimum absolute atomic E-state index is 0.374. The Bertz CT molecular complexity index is 584. The molecule has 0 saturated heterocycles. The minimum Gasteiger partial charge on any atom is -0.497 e. The highest BCUT2D eigenvalue weighted by Crippen LogP contribution is 2.43. The van der Waals surface area contributed by atoms with Crippen LogP contribution in [0.2, 0.25) is 0 Å². The first kappa shape index (κ1) is 14.0. The van der Waals surface area contributed by atoms with Gasteiger partial charge in [0.1, 0.15) is 5.75 Å². The van der Waals surface area contributed by atoms with Crippen LogP contribution in [0.4, 0.5) is 0 Å². The summed E-state index contributed by atoms with van der Waals surface area (Å²) in [5.41, 5.74) is 2.18. The van der Waals surface area contributed by atoms with Crippen molar-refractivity contribution in [2.75, 3.05) is 14.2 Å². The summed E-state index contributed by atoms with van der Waals surface area (Å²) in [5, 5.41) is 0. The number of nitrogens with zero attached hydrogens (tertiary/aromatic N) is 3. The Morgan fingerprint density at radius 3 is 2.76 bits per heavy atom. The van der Waals surface area contributed by atoms with Crippen molar-refractivity contribution < 1.29 is 4.74 Å². The lowest BCUT2D eigenvalue weighted by molar-refractivity contribution is 0.205. The van der Waals surface area contributed by atoms with Gasteiger partial charge in [-0.2, -0.15) is 0 Å². The molecular formula is C17H21N3O. The average molecular weight is 283 g/mol. The number of ether oxygens (including phenoxy) is 1. The van der Waals surface area contributed by atoms with E-state index in [1.165, 1.54) is 12.8 Å². The van der Waals surface area contributed by atoms with Gasteiger partial charge in [-0.05, 0) is 44.0 Å². The lowest BCUT2D eigenvalue weighted by atomic mass is 10.1. The second-order valence-electron chi connectivity index (χ2n) is 5.64. The van der Waals surface area contributed by atoms with E-state index >= 15 is 0 Å². The highest BCUT2D eigenvalue weighted by molar-refractivity contribution is 5.22. The van der Waals surface area contributed by atoms with E-state index in [2.05, 4.69) is 34.0 Å². The molecule has 1 aliphatic rings. The van der Waals surface area contributed by atoms with E-state index < -0.39 is 0 Å². The summed E-state index contributed by atoms with van der Waals surface area (Å²) < 4.78 is 5.27. The molecule has 0 bridgehead atoms. The number of pyridine rings is 2. The van der Waals surface area contributed by atoms with Crippen LogP contribution in [-0.2, 0) is 6.54 Å². The van der Waals surface area contributed by atoms with Gasteiger partial charge in [-0.3, -0.25) is 14.9 Å². The van der Waals surface area contributed by atoms with Gasteiger partial charge in [0, 0.05) is 25.0 Å². The van der Waals surface area contributed by atoms with Crippen LogP contribution < -0.4 is 4.74 Å². The first-order chi connectivity index (χ1) is 10.3. The molecule has 1 aliphatic carbocycles. The topological polar surface area (TPSA) is 38.2 Å². The summed E-state index contributed by atoms with van der Waals surface area (Å²) in [5.74, 6) is 1.57. The number of methoxy groups -OCH3 is 1. The van der Waals surface area contributed by atoms with Gasteiger partial charge in [0.05, 0.1) is 24.5 Å². The van der Waals surface area contributed by atoms with Crippen LogP contribution in [-0.4, -0.2) is 29.0 Å². The first-order valence-corrected chi connectivity index (χ1v) is 7.38. The van der Waals surface area contributed by atoms with Crippen LogP contribution >= 0.6 is 0 Å². The summed E-state index contributed by atoms with van der Waals surface area (Å²) in [6.45, 7) is 0.801. The summed E-state index contributed by atoms with van der Waals surface area (Å²) in [6, 6.07) is 10.4. The monoisotopic (exact) mass is 283 g/mol. The molecular weight excluding hydrogens is 262 g/mol. The third-order valence-corrected chi connectivity index (χ3v) is 3.97. The van der Waals surface area contributed by atoms with Gasteiger partial charge in [-0.25, -0.2) is 0 Å². The maximum Gasteiger partial charge on any atom is 0.122 e. The molecule has 21 heavy (non-hydrogen) atoms. The van der Waals surface area contributed by atoms with Crippen LogP contribution in [0.25, 0.3) is 0 Å². The Hall–Kier alpha value is -1.94. The molecule has 2 heterocycles. The zero-order valence-corrected chi connectivity index (χ0v) is 12.6. The van der Waals surface area contributed by atoms with E-state index in [1.54, 1.807) is 13.3 Å². The molecule has 2 aromatic heterocycles. The lowest BCUT2D eigenvalue weighted by Gasteiger charge is -2.27. The number of hydrogen-bond acceptors (Lipinski definition) is 4. The fourth-order valence-electron chi connectivity index (χ4n) is 2.81. The van der Waals surface area contributed by atoms with Crippen molar-refractivity contribution in [2.45, 2.75) is 25.4 Å². The zero-order valence-electron chi connectivity index (χ0n) is 12.6. The molecule has 2 aromatic rings. The number of rotatable bonds is 6. The van der Waals surface area contributed by atoms with Crippen LogP contribution in [0.3, 0.4) is 0 Å². The Kier molecular flexibility index (Phi) is 4.15. The second-order valence-corrected chi connectivity index (χ2v) is 5.64. The van der Waals surface area contributed by atoms with Gasteiger partial charge >= 0.3 is 0 Å². The van der Waals surface area contributed by atoms with Crippen molar-refractivity contribution in [3.8, 4) is 5.75 Å². The Labute approximate surface area is 125 Å². The summed E-state index contributed by atoms with van der Waals surface area (Å²) in [4.78, 5) is 11.3. The Morgan fingerprint density at radius 2 is 2.10 bits per heavy atom. The molecule has 3 rings (SSSR count).